The van der Waals surface area contributed by atoms with Gasteiger partial charge < -0.3 is 5.73 Å². The van der Waals surface area contributed by atoms with E-state index in [1.807, 2.05) is 6.92 Å². The molecule has 1 heterocycles. The van der Waals surface area contributed by atoms with Crippen molar-refractivity contribution in [3.63, 3.8) is 0 Å². The van der Waals surface area contributed by atoms with Gasteiger partial charge in [0.2, 0.25) is 0 Å². The molecule has 0 bridgehead atoms. The standard InChI is InChI=1S/C11H13N3S2/c1-7-5-9(6-12)3-4-10(7)15-11-13-8(2)14-16-11/h3-5H,6,12H2,1-2H3. The van der Waals surface area contributed by atoms with Gasteiger partial charge in [0.05, 0.1) is 0 Å². The van der Waals surface area contributed by atoms with Gasteiger partial charge in [-0.2, -0.15) is 4.37 Å². The minimum absolute atomic E-state index is 0.587. The van der Waals surface area contributed by atoms with Crippen LogP contribution in [0.5, 0.6) is 0 Å². The maximum Gasteiger partial charge on any atom is 0.174 e. The van der Waals surface area contributed by atoms with Gasteiger partial charge in [0, 0.05) is 11.4 Å². The fourth-order valence-corrected chi connectivity index (χ4v) is 3.04. The van der Waals surface area contributed by atoms with E-state index >= 15 is 0 Å². The molecule has 0 saturated carbocycles. The van der Waals surface area contributed by atoms with E-state index in [1.165, 1.54) is 22.0 Å². The van der Waals surface area contributed by atoms with Crippen LogP contribution in [0, 0.1) is 13.8 Å². The highest BCUT2D eigenvalue weighted by Gasteiger charge is 2.05. The summed E-state index contributed by atoms with van der Waals surface area (Å²) < 4.78 is 5.15. The van der Waals surface area contributed by atoms with Crippen molar-refractivity contribution in [3.8, 4) is 0 Å². The Morgan fingerprint density at radius 1 is 1.38 bits per heavy atom. The van der Waals surface area contributed by atoms with Crippen LogP contribution in [-0.4, -0.2) is 9.36 Å². The Morgan fingerprint density at radius 3 is 2.75 bits per heavy atom. The first-order valence-electron chi connectivity index (χ1n) is 4.97. The van der Waals surface area contributed by atoms with E-state index in [2.05, 4.69) is 34.5 Å². The molecule has 0 saturated heterocycles. The Kier molecular flexibility index (Phi) is 3.58. The molecule has 1 aromatic carbocycles. The second-order valence-electron chi connectivity index (χ2n) is 3.51. The summed E-state index contributed by atoms with van der Waals surface area (Å²) in [6.07, 6.45) is 0. The zero-order valence-corrected chi connectivity index (χ0v) is 10.9. The van der Waals surface area contributed by atoms with Gasteiger partial charge in [0.25, 0.3) is 0 Å². The van der Waals surface area contributed by atoms with Crippen molar-refractivity contribution >= 4 is 23.3 Å². The van der Waals surface area contributed by atoms with Crippen LogP contribution in [-0.2, 0) is 6.54 Å². The van der Waals surface area contributed by atoms with Crippen LogP contribution in [0.2, 0.25) is 0 Å². The Balaban J connectivity index is 2.21. The van der Waals surface area contributed by atoms with Gasteiger partial charge in [-0.05, 0) is 42.6 Å². The molecule has 0 spiro atoms. The van der Waals surface area contributed by atoms with E-state index in [0.29, 0.717) is 6.54 Å². The Bertz CT molecular complexity index is 494. The molecule has 2 aromatic rings. The Hall–Kier alpha value is -0.910. The lowest BCUT2D eigenvalue weighted by Gasteiger charge is -2.04. The van der Waals surface area contributed by atoms with Gasteiger partial charge in [0.1, 0.15) is 5.82 Å². The van der Waals surface area contributed by atoms with Crippen molar-refractivity contribution in [1.29, 1.82) is 0 Å². The molecule has 0 aliphatic carbocycles. The van der Waals surface area contributed by atoms with Crippen LogP contribution in [0.3, 0.4) is 0 Å². The molecule has 0 aliphatic rings. The summed E-state index contributed by atoms with van der Waals surface area (Å²) >= 11 is 3.10. The Morgan fingerprint density at radius 2 is 2.19 bits per heavy atom. The average Bonchev–Trinajstić information content (AvgIpc) is 2.67. The SMILES string of the molecule is Cc1nsc(Sc2ccc(CN)cc2C)n1. The first-order chi connectivity index (χ1) is 7.69. The number of hydrogen-bond acceptors (Lipinski definition) is 5. The number of benzene rings is 1. The highest BCUT2D eigenvalue weighted by atomic mass is 32.2. The minimum Gasteiger partial charge on any atom is -0.326 e. The number of aromatic nitrogens is 2. The molecule has 2 N–H and O–H groups in total. The molecule has 16 heavy (non-hydrogen) atoms. The molecule has 0 unspecified atom stereocenters. The van der Waals surface area contributed by atoms with Crippen molar-refractivity contribution in [1.82, 2.24) is 9.36 Å². The molecule has 0 atom stereocenters. The van der Waals surface area contributed by atoms with E-state index in [1.54, 1.807) is 11.8 Å². The van der Waals surface area contributed by atoms with Gasteiger partial charge in [-0.1, -0.05) is 23.9 Å². The molecule has 0 aliphatic heterocycles. The van der Waals surface area contributed by atoms with Crippen molar-refractivity contribution in [2.24, 2.45) is 5.73 Å². The molecule has 84 valence electrons. The summed E-state index contributed by atoms with van der Waals surface area (Å²) in [5, 5.41) is 0. The van der Waals surface area contributed by atoms with Crippen LogP contribution in [0.4, 0.5) is 0 Å². The highest BCUT2D eigenvalue weighted by Crippen LogP contribution is 2.31. The molecular weight excluding hydrogens is 238 g/mol. The topological polar surface area (TPSA) is 51.8 Å². The third kappa shape index (κ3) is 2.61. The van der Waals surface area contributed by atoms with Crippen LogP contribution in [0.1, 0.15) is 17.0 Å². The highest BCUT2D eigenvalue weighted by molar-refractivity contribution is 8.01. The van der Waals surface area contributed by atoms with Gasteiger partial charge >= 0.3 is 0 Å². The smallest absolute Gasteiger partial charge is 0.174 e. The van der Waals surface area contributed by atoms with Crippen LogP contribution >= 0.6 is 23.3 Å². The summed E-state index contributed by atoms with van der Waals surface area (Å²) in [4.78, 5) is 5.55. The third-order valence-corrected chi connectivity index (χ3v) is 4.20. The predicted molar refractivity (Wildman–Crippen MR) is 67.8 cm³/mol. The lowest BCUT2D eigenvalue weighted by molar-refractivity contribution is 1.05. The molecular formula is C11H13N3S2. The van der Waals surface area contributed by atoms with Crippen molar-refractivity contribution in [2.75, 3.05) is 0 Å². The molecule has 0 amide bonds. The van der Waals surface area contributed by atoms with Crippen molar-refractivity contribution in [3.05, 3.63) is 35.2 Å². The molecule has 0 fully saturated rings. The molecule has 0 radical (unpaired) electrons. The quantitative estimate of drug-likeness (QED) is 0.911. The summed E-state index contributed by atoms with van der Waals surface area (Å²) in [6.45, 7) is 4.59. The van der Waals surface area contributed by atoms with Gasteiger partial charge in [0.15, 0.2) is 4.34 Å². The summed E-state index contributed by atoms with van der Waals surface area (Å²) in [5.74, 6) is 0.837. The normalized spacial score (nSPS) is 10.7. The lowest BCUT2D eigenvalue weighted by atomic mass is 10.1. The molecule has 5 heteroatoms. The number of hydrogen-bond donors (Lipinski definition) is 1. The summed E-state index contributed by atoms with van der Waals surface area (Å²) in [6, 6.07) is 6.28. The number of rotatable bonds is 3. The molecule has 1 aromatic heterocycles. The number of nitrogens with two attached hydrogens (primary N) is 1. The zero-order chi connectivity index (χ0) is 11.5. The Labute approximate surface area is 103 Å². The lowest BCUT2D eigenvalue weighted by Crippen LogP contribution is -1.96. The van der Waals surface area contributed by atoms with Crippen molar-refractivity contribution < 1.29 is 0 Å². The average molecular weight is 251 g/mol. The monoisotopic (exact) mass is 251 g/mol. The zero-order valence-electron chi connectivity index (χ0n) is 9.23. The largest absolute Gasteiger partial charge is 0.326 e. The maximum absolute atomic E-state index is 5.60. The summed E-state index contributed by atoms with van der Waals surface area (Å²) in [5.41, 5.74) is 8.00. The van der Waals surface area contributed by atoms with Crippen LogP contribution in [0.25, 0.3) is 0 Å². The van der Waals surface area contributed by atoms with Gasteiger partial charge in [-0.15, -0.1) is 0 Å². The second-order valence-corrected chi connectivity index (χ2v) is 5.55. The molecule has 3 nitrogen and oxygen atoms in total. The van der Waals surface area contributed by atoms with Crippen LogP contribution < -0.4 is 5.73 Å². The van der Waals surface area contributed by atoms with Gasteiger partial charge in [-0.3, -0.25) is 0 Å². The van der Waals surface area contributed by atoms with E-state index in [9.17, 15) is 0 Å². The maximum atomic E-state index is 5.60. The van der Waals surface area contributed by atoms with E-state index in [0.717, 1.165) is 15.7 Å². The molecule has 2 rings (SSSR count). The van der Waals surface area contributed by atoms with Gasteiger partial charge in [-0.25, -0.2) is 4.98 Å². The fourth-order valence-electron chi connectivity index (χ4n) is 1.37. The van der Waals surface area contributed by atoms with E-state index < -0.39 is 0 Å². The first-order valence-corrected chi connectivity index (χ1v) is 6.56. The van der Waals surface area contributed by atoms with E-state index in [4.69, 9.17) is 5.73 Å². The second kappa shape index (κ2) is 4.95. The minimum atomic E-state index is 0.587. The summed E-state index contributed by atoms with van der Waals surface area (Å²) in [7, 11) is 0. The first kappa shape index (κ1) is 11.6. The number of nitrogens with zero attached hydrogens (tertiary/aromatic N) is 2. The third-order valence-electron chi connectivity index (χ3n) is 2.18. The van der Waals surface area contributed by atoms with E-state index in [-0.39, 0.29) is 0 Å². The predicted octanol–water partition coefficient (Wildman–Crippen LogP) is 2.76. The van der Waals surface area contributed by atoms with Crippen LogP contribution in [0.15, 0.2) is 27.4 Å². The van der Waals surface area contributed by atoms with Crippen molar-refractivity contribution in [2.45, 2.75) is 29.6 Å². The fraction of sp³-hybridized carbons (Fsp3) is 0.273. The number of aryl methyl sites for hydroxylation is 2.